The highest BCUT2D eigenvalue weighted by Crippen LogP contribution is 2.21. The maximum absolute atomic E-state index is 12.0. The molecule has 2 N–H and O–H groups in total. The molecule has 2 aromatic rings. The zero-order valence-corrected chi connectivity index (χ0v) is 13.6. The Morgan fingerprint density at radius 2 is 2.17 bits per heavy atom. The highest BCUT2D eigenvalue weighted by molar-refractivity contribution is 5.91. The largest absolute Gasteiger partial charge is 0.393 e. The van der Waals surface area contributed by atoms with Crippen LogP contribution >= 0.6 is 0 Å². The number of aliphatic hydroxyl groups is 2. The van der Waals surface area contributed by atoms with E-state index in [0.29, 0.717) is 36.8 Å². The van der Waals surface area contributed by atoms with Gasteiger partial charge in [0.15, 0.2) is 0 Å². The number of nitrogens with zero attached hydrogens (tertiary/aromatic N) is 6. The standard InChI is InChI=1S/C15H20N6O3/c1-19(2)15(24)12-6-16-7-14(17-12)20-3-4-21-10(8-20)5-11(18-21)13(23)9-22/h5-7,13,22-23H,3-4,8-9H2,1-2H3/t13-/m1/s1. The third-order valence-corrected chi connectivity index (χ3v) is 3.90. The Morgan fingerprint density at radius 3 is 2.88 bits per heavy atom. The summed E-state index contributed by atoms with van der Waals surface area (Å²) in [6.45, 7) is 1.47. The zero-order chi connectivity index (χ0) is 17.3. The minimum absolute atomic E-state index is 0.195. The Kier molecular flexibility index (Phi) is 4.45. The lowest BCUT2D eigenvalue weighted by molar-refractivity contribution is 0.0821. The second-order valence-electron chi connectivity index (χ2n) is 5.87. The van der Waals surface area contributed by atoms with E-state index >= 15 is 0 Å². The monoisotopic (exact) mass is 332 g/mol. The summed E-state index contributed by atoms with van der Waals surface area (Å²) in [6.07, 6.45) is 2.11. The van der Waals surface area contributed by atoms with Crippen LogP contribution in [0.1, 0.15) is 28.0 Å². The van der Waals surface area contributed by atoms with Crippen molar-refractivity contribution < 1.29 is 15.0 Å². The van der Waals surface area contributed by atoms with Gasteiger partial charge in [-0.3, -0.25) is 14.5 Å². The molecule has 128 valence electrons. The number of anilines is 1. The predicted octanol–water partition coefficient (Wildman–Crippen LogP) is -0.579. The van der Waals surface area contributed by atoms with Gasteiger partial charge in [-0.1, -0.05) is 0 Å². The first-order valence-corrected chi connectivity index (χ1v) is 7.63. The summed E-state index contributed by atoms with van der Waals surface area (Å²) in [4.78, 5) is 24.0. The van der Waals surface area contributed by atoms with E-state index in [1.54, 1.807) is 26.4 Å². The van der Waals surface area contributed by atoms with Gasteiger partial charge in [0.1, 0.15) is 17.6 Å². The average molecular weight is 332 g/mol. The lowest BCUT2D eigenvalue weighted by Crippen LogP contribution is -2.35. The van der Waals surface area contributed by atoms with E-state index in [-0.39, 0.29) is 12.5 Å². The van der Waals surface area contributed by atoms with Gasteiger partial charge in [-0.05, 0) is 6.07 Å². The van der Waals surface area contributed by atoms with Crippen molar-refractivity contribution in [2.75, 3.05) is 32.1 Å². The van der Waals surface area contributed by atoms with Gasteiger partial charge in [-0.2, -0.15) is 5.10 Å². The van der Waals surface area contributed by atoms with Crippen molar-refractivity contribution >= 4 is 11.7 Å². The predicted molar refractivity (Wildman–Crippen MR) is 85.4 cm³/mol. The van der Waals surface area contributed by atoms with E-state index in [2.05, 4.69) is 15.1 Å². The molecular weight excluding hydrogens is 312 g/mol. The molecule has 0 radical (unpaired) electrons. The molecule has 0 spiro atoms. The highest BCUT2D eigenvalue weighted by Gasteiger charge is 2.22. The number of aliphatic hydroxyl groups excluding tert-OH is 2. The molecule has 2 aromatic heterocycles. The number of amides is 1. The van der Waals surface area contributed by atoms with Crippen molar-refractivity contribution in [2.24, 2.45) is 0 Å². The van der Waals surface area contributed by atoms with Gasteiger partial charge in [0.25, 0.3) is 5.91 Å². The first kappa shape index (κ1) is 16.3. The van der Waals surface area contributed by atoms with Crippen LogP contribution in [-0.2, 0) is 13.1 Å². The van der Waals surface area contributed by atoms with E-state index in [0.717, 1.165) is 5.69 Å². The van der Waals surface area contributed by atoms with Crippen LogP contribution in [0.4, 0.5) is 5.82 Å². The molecule has 0 saturated heterocycles. The van der Waals surface area contributed by atoms with Gasteiger partial charge in [0.2, 0.25) is 0 Å². The summed E-state index contributed by atoms with van der Waals surface area (Å²) in [5.41, 5.74) is 1.67. The molecule has 9 heteroatoms. The van der Waals surface area contributed by atoms with E-state index in [4.69, 9.17) is 5.11 Å². The second kappa shape index (κ2) is 6.54. The molecule has 0 bridgehead atoms. The fraction of sp³-hybridized carbons (Fsp3) is 0.467. The van der Waals surface area contributed by atoms with E-state index in [9.17, 15) is 9.90 Å². The summed E-state index contributed by atoms with van der Waals surface area (Å²) in [5, 5.41) is 23.1. The van der Waals surface area contributed by atoms with Crippen LogP contribution < -0.4 is 4.90 Å². The fourth-order valence-electron chi connectivity index (χ4n) is 2.58. The molecule has 24 heavy (non-hydrogen) atoms. The highest BCUT2D eigenvalue weighted by atomic mass is 16.3. The summed E-state index contributed by atoms with van der Waals surface area (Å²) < 4.78 is 1.81. The van der Waals surface area contributed by atoms with E-state index in [1.165, 1.54) is 11.1 Å². The Bertz CT molecular complexity index is 745. The lowest BCUT2D eigenvalue weighted by atomic mass is 10.2. The van der Waals surface area contributed by atoms with Crippen LogP contribution in [0.25, 0.3) is 0 Å². The normalized spacial score (nSPS) is 15.1. The zero-order valence-electron chi connectivity index (χ0n) is 13.6. The van der Waals surface area contributed by atoms with Crippen molar-refractivity contribution in [1.29, 1.82) is 0 Å². The van der Waals surface area contributed by atoms with E-state index in [1.807, 2.05) is 9.58 Å². The Morgan fingerprint density at radius 1 is 1.38 bits per heavy atom. The van der Waals surface area contributed by atoms with Crippen molar-refractivity contribution in [1.82, 2.24) is 24.6 Å². The SMILES string of the molecule is CN(C)C(=O)c1cncc(N2CCn3nc([C@H](O)CO)cc3C2)n1. The van der Waals surface area contributed by atoms with Gasteiger partial charge in [0, 0.05) is 20.6 Å². The second-order valence-corrected chi connectivity index (χ2v) is 5.87. The first-order valence-electron chi connectivity index (χ1n) is 7.63. The summed E-state index contributed by atoms with van der Waals surface area (Å²) in [7, 11) is 3.34. The topological polar surface area (TPSA) is 108 Å². The number of hydrogen-bond donors (Lipinski definition) is 2. The molecule has 0 aromatic carbocycles. The molecule has 0 saturated carbocycles. The number of aromatic nitrogens is 4. The van der Waals surface area contributed by atoms with Crippen LogP contribution in [0.15, 0.2) is 18.5 Å². The molecule has 1 aliphatic heterocycles. The van der Waals surface area contributed by atoms with Crippen LogP contribution in [-0.4, -0.2) is 68.0 Å². The lowest BCUT2D eigenvalue weighted by Gasteiger charge is -2.28. The van der Waals surface area contributed by atoms with Crippen molar-refractivity contribution in [2.45, 2.75) is 19.2 Å². The number of rotatable bonds is 4. The van der Waals surface area contributed by atoms with Gasteiger partial charge < -0.3 is 20.0 Å². The van der Waals surface area contributed by atoms with Gasteiger partial charge in [0.05, 0.1) is 43.5 Å². The summed E-state index contributed by atoms with van der Waals surface area (Å²) in [5.74, 6) is 0.430. The summed E-state index contributed by atoms with van der Waals surface area (Å²) >= 11 is 0. The van der Waals surface area contributed by atoms with Crippen LogP contribution in [0.3, 0.4) is 0 Å². The molecular formula is C15H20N6O3. The molecule has 1 atom stereocenters. The van der Waals surface area contributed by atoms with Crippen LogP contribution in [0.2, 0.25) is 0 Å². The molecule has 1 aliphatic rings. The molecule has 1 amide bonds. The Labute approximate surface area is 139 Å². The average Bonchev–Trinajstić information content (AvgIpc) is 3.03. The van der Waals surface area contributed by atoms with Gasteiger partial charge in [-0.25, -0.2) is 4.98 Å². The van der Waals surface area contributed by atoms with Crippen molar-refractivity contribution in [3.8, 4) is 0 Å². The minimum atomic E-state index is -0.975. The molecule has 3 rings (SSSR count). The summed E-state index contributed by atoms with van der Waals surface area (Å²) in [6, 6.07) is 1.77. The molecule has 9 nitrogen and oxygen atoms in total. The Hall–Kier alpha value is -2.52. The molecule has 0 aliphatic carbocycles. The third kappa shape index (κ3) is 3.08. The number of carbonyl (C=O) groups is 1. The first-order chi connectivity index (χ1) is 11.5. The van der Waals surface area contributed by atoms with E-state index < -0.39 is 6.10 Å². The maximum atomic E-state index is 12.0. The van der Waals surface area contributed by atoms with Crippen LogP contribution in [0, 0.1) is 0 Å². The molecule has 3 heterocycles. The van der Waals surface area contributed by atoms with Crippen LogP contribution in [0.5, 0.6) is 0 Å². The smallest absolute Gasteiger partial charge is 0.273 e. The number of hydrogen-bond acceptors (Lipinski definition) is 7. The quantitative estimate of drug-likeness (QED) is 0.771. The molecule has 0 unspecified atom stereocenters. The fourth-order valence-corrected chi connectivity index (χ4v) is 2.58. The maximum Gasteiger partial charge on any atom is 0.273 e. The van der Waals surface area contributed by atoms with Gasteiger partial charge in [-0.15, -0.1) is 0 Å². The molecule has 0 fully saturated rings. The third-order valence-electron chi connectivity index (χ3n) is 3.90. The minimum Gasteiger partial charge on any atom is -0.393 e. The van der Waals surface area contributed by atoms with Gasteiger partial charge >= 0.3 is 0 Å². The van der Waals surface area contributed by atoms with Crippen molar-refractivity contribution in [3.63, 3.8) is 0 Å². The van der Waals surface area contributed by atoms with Crippen molar-refractivity contribution in [3.05, 3.63) is 35.5 Å². The Balaban J connectivity index is 1.81. The number of fused-ring (bicyclic) bond motifs is 1. The number of carbonyl (C=O) groups excluding carboxylic acids is 1.